The molecule has 0 aromatic rings. The molecule has 0 aliphatic carbocycles. The molecule has 390 valence electrons. The average molecular weight is 963 g/mol. The first-order chi connectivity index (χ1) is 34.5. The van der Waals surface area contributed by atoms with Crippen LogP contribution in [0.2, 0.25) is 0 Å². The van der Waals surface area contributed by atoms with Crippen molar-refractivity contribution in [3.63, 3.8) is 0 Å². The number of rotatable bonds is 47. The molecule has 70 heavy (non-hydrogen) atoms. The number of allylic oxidation sites excluding steroid dienone is 26. The van der Waals surface area contributed by atoms with E-state index in [0.717, 1.165) is 141 Å². The van der Waals surface area contributed by atoms with Gasteiger partial charge in [0.05, 0.1) is 0 Å². The van der Waals surface area contributed by atoms with Crippen molar-refractivity contribution in [1.82, 2.24) is 0 Å². The molecule has 0 aliphatic rings. The standard InChI is InChI=1S/C64H98O6/c1-4-7-10-13-16-18-20-22-23-24-25-26-27-28-29-30-31-32-33-34-35-36-37-38-39-40-41-43-44-46-48-51-54-57-63(66)69-60-61(59-68-62(65)56-53-50-15-12-9-6-3)70-64(67)58-55-52-49-47-45-42-21-19-17-14-11-8-5-2/h7-8,10-11,16-19,22-23,25-26,28-29,31-32,34-35,37-38,40-42,45,49,52,61H,4-6,9,12-15,20-21,24,27,30,33,36,39,43-44,46-48,50-51,53-60H2,1-3H3/b10-7-,11-8-,18-16-,19-17-,23-22-,26-25-,29-28-,32-31-,35-34-,38-37-,41-40-,45-42-,52-49-. The van der Waals surface area contributed by atoms with Gasteiger partial charge >= 0.3 is 17.9 Å². The summed E-state index contributed by atoms with van der Waals surface area (Å²) in [4.78, 5) is 37.7. The van der Waals surface area contributed by atoms with Gasteiger partial charge in [0.2, 0.25) is 0 Å². The number of unbranched alkanes of at least 4 members (excludes halogenated alkanes) is 10. The summed E-state index contributed by atoms with van der Waals surface area (Å²) < 4.78 is 16.6. The van der Waals surface area contributed by atoms with Gasteiger partial charge in [-0.25, -0.2) is 0 Å². The maximum absolute atomic E-state index is 12.7. The second-order valence-electron chi connectivity index (χ2n) is 17.4. The van der Waals surface area contributed by atoms with Crippen molar-refractivity contribution >= 4 is 17.9 Å². The molecular weight excluding hydrogens is 865 g/mol. The van der Waals surface area contributed by atoms with Gasteiger partial charge in [0.25, 0.3) is 0 Å². The SMILES string of the molecule is CC/C=C\C/C=C\C/C=C\C/C=C\C/C=C\C/C=C\C/C=C\C/C=C\C/C=C\CCCCCCCC(=O)OCC(COC(=O)CCCCCCCC)OC(=O)CC/C=C\C/C=C\C/C=C\C/C=C\CC. The van der Waals surface area contributed by atoms with E-state index < -0.39 is 12.1 Å². The third-order valence-corrected chi connectivity index (χ3v) is 10.8. The molecule has 0 heterocycles. The molecule has 0 saturated carbocycles. The Bertz CT molecular complexity index is 1620. The molecule has 0 bridgehead atoms. The normalized spacial score (nSPS) is 13.4. The highest BCUT2D eigenvalue weighted by Crippen LogP contribution is 2.11. The lowest BCUT2D eigenvalue weighted by molar-refractivity contribution is -0.166. The Morgan fingerprint density at radius 1 is 0.300 bits per heavy atom. The van der Waals surface area contributed by atoms with Gasteiger partial charge in [0.15, 0.2) is 6.10 Å². The highest BCUT2D eigenvalue weighted by Gasteiger charge is 2.19. The Morgan fingerprint density at radius 2 is 0.586 bits per heavy atom. The lowest BCUT2D eigenvalue weighted by Crippen LogP contribution is -2.30. The van der Waals surface area contributed by atoms with Gasteiger partial charge < -0.3 is 14.2 Å². The molecule has 0 amide bonds. The molecule has 0 radical (unpaired) electrons. The van der Waals surface area contributed by atoms with Crippen molar-refractivity contribution in [2.75, 3.05) is 13.2 Å². The van der Waals surface area contributed by atoms with E-state index in [1.807, 2.05) is 12.2 Å². The number of hydrogen-bond donors (Lipinski definition) is 0. The predicted molar refractivity (Wildman–Crippen MR) is 302 cm³/mol. The largest absolute Gasteiger partial charge is 0.462 e. The topological polar surface area (TPSA) is 78.9 Å². The molecule has 0 aliphatic heterocycles. The second kappa shape index (κ2) is 56.6. The van der Waals surface area contributed by atoms with Crippen LogP contribution in [0.25, 0.3) is 0 Å². The quantitative estimate of drug-likeness (QED) is 0.0262. The van der Waals surface area contributed by atoms with Gasteiger partial charge in [-0.3, -0.25) is 14.4 Å². The van der Waals surface area contributed by atoms with E-state index in [1.54, 1.807) is 0 Å². The van der Waals surface area contributed by atoms with E-state index >= 15 is 0 Å². The van der Waals surface area contributed by atoms with Crippen molar-refractivity contribution in [2.24, 2.45) is 0 Å². The number of ether oxygens (including phenoxy) is 3. The van der Waals surface area contributed by atoms with E-state index in [9.17, 15) is 14.4 Å². The van der Waals surface area contributed by atoms with Gasteiger partial charge in [0.1, 0.15) is 13.2 Å². The Labute approximate surface area is 429 Å². The molecule has 0 spiro atoms. The van der Waals surface area contributed by atoms with E-state index in [4.69, 9.17) is 14.2 Å². The zero-order chi connectivity index (χ0) is 50.7. The minimum absolute atomic E-state index is 0.119. The molecule has 6 heteroatoms. The summed E-state index contributed by atoms with van der Waals surface area (Å²) in [7, 11) is 0. The molecule has 0 rings (SSSR count). The van der Waals surface area contributed by atoms with Crippen LogP contribution >= 0.6 is 0 Å². The van der Waals surface area contributed by atoms with Gasteiger partial charge in [0, 0.05) is 19.3 Å². The van der Waals surface area contributed by atoms with Gasteiger partial charge in [-0.15, -0.1) is 0 Å². The van der Waals surface area contributed by atoms with Crippen molar-refractivity contribution in [2.45, 2.75) is 213 Å². The van der Waals surface area contributed by atoms with Crippen LogP contribution in [0.1, 0.15) is 207 Å². The third kappa shape index (κ3) is 54.0. The van der Waals surface area contributed by atoms with Crippen LogP contribution < -0.4 is 0 Å². The van der Waals surface area contributed by atoms with Crippen molar-refractivity contribution in [3.8, 4) is 0 Å². The molecule has 0 saturated heterocycles. The zero-order valence-corrected chi connectivity index (χ0v) is 44.5. The smallest absolute Gasteiger partial charge is 0.306 e. The fourth-order valence-electron chi connectivity index (χ4n) is 6.74. The molecule has 6 nitrogen and oxygen atoms in total. The van der Waals surface area contributed by atoms with Crippen molar-refractivity contribution in [1.29, 1.82) is 0 Å². The summed E-state index contributed by atoms with van der Waals surface area (Å²) in [6.07, 6.45) is 82.9. The zero-order valence-electron chi connectivity index (χ0n) is 44.5. The van der Waals surface area contributed by atoms with E-state index in [-0.39, 0.29) is 31.6 Å². The van der Waals surface area contributed by atoms with Gasteiger partial charge in [-0.2, -0.15) is 0 Å². The monoisotopic (exact) mass is 963 g/mol. The van der Waals surface area contributed by atoms with E-state index in [0.29, 0.717) is 19.3 Å². The maximum atomic E-state index is 12.7. The first kappa shape index (κ1) is 65.0. The highest BCUT2D eigenvalue weighted by atomic mass is 16.6. The Hall–Kier alpha value is -4.97. The van der Waals surface area contributed by atoms with E-state index in [1.165, 1.54) is 19.3 Å². The lowest BCUT2D eigenvalue weighted by Gasteiger charge is -2.18. The Morgan fingerprint density at radius 3 is 0.929 bits per heavy atom. The molecule has 0 fully saturated rings. The number of carbonyl (C=O) groups excluding carboxylic acids is 3. The van der Waals surface area contributed by atoms with Gasteiger partial charge in [-0.05, 0) is 116 Å². The van der Waals surface area contributed by atoms with Crippen molar-refractivity contribution in [3.05, 3.63) is 158 Å². The summed E-state index contributed by atoms with van der Waals surface area (Å²) >= 11 is 0. The molecular formula is C64H98O6. The van der Waals surface area contributed by atoms with Crippen LogP contribution in [0.5, 0.6) is 0 Å². The molecule has 0 N–H and O–H groups in total. The van der Waals surface area contributed by atoms with E-state index in [2.05, 4.69) is 167 Å². The lowest BCUT2D eigenvalue weighted by atomic mass is 10.1. The van der Waals surface area contributed by atoms with Crippen LogP contribution in [0.4, 0.5) is 0 Å². The van der Waals surface area contributed by atoms with Crippen LogP contribution in [0, 0.1) is 0 Å². The third-order valence-electron chi connectivity index (χ3n) is 10.8. The molecule has 0 aromatic heterocycles. The molecule has 0 aromatic carbocycles. The molecule has 1 atom stereocenters. The number of esters is 3. The minimum atomic E-state index is -0.827. The first-order valence-corrected chi connectivity index (χ1v) is 27.5. The van der Waals surface area contributed by atoms with Gasteiger partial charge in [-0.1, -0.05) is 230 Å². The summed E-state index contributed by atoms with van der Waals surface area (Å²) in [6.45, 7) is 6.23. The second-order valence-corrected chi connectivity index (χ2v) is 17.4. The maximum Gasteiger partial charge on any atom is 0.306 e. The number of hydrogen-bond acceptors (Lipinski definition) is 6. The summed E-state index contributed by atoms with van der Waals surface area (Å²) in [5.74, 6) is -1.05. The van der Waals surface area contributed by atoms with Crippen LogP contribution in [-0.2, 0) is 28.6 Å². The highest BCUT2D eigenvalue weighted by molar-refractivity contribution is 5.71. The van der Waals surface area contributed by atoms with Crippen molar-refractivity contribution < 1.29 is 28.6 Å². The minimum Gasteiger partial charge on any atom is -0.462 e. The fourth-order valence-corrected chi connectivity index (χ4v) is 6.74. The fraction of sp³-hybridized carbons (Fsp3) is 0.547. The molecule has 1 unspecified atom stereocenters. The predicted octanol–water partition coefficient (Wildman–Crippen LogP) is 18.6. The van der Waals surface area contributed by atoms with Crippen LogP contribution in [0.3, 0.4) is 0 Å². The Kier molecular flexibility index (Phi) is 52.6. The van der Waals surface area contributed by atoms with Crippen LogP contribution in [-0.4, -0.2) is 37.2 Å². The Balaban J connectivity index is 4.22. The summed E-state index contributed by atoms with van der Waals surface area (Å²) in [6, 6.07) is 0. The van der Waals surface area contributed by atoms with Crippen LogP contribution in [0.15, 0.2) is 158 Å². The average Bonchev–Trinajstić information content (AvgIpc) is 3.36. The number of carbonyl (C=O) groups is 3. The first-order valence-electron chi connectivity index (χ1n) is 27.5. The summed E-state index contributed by atoms with van der Waals surface area (Å²) in [5.41, 5.74) is 0. The summed E-state index contributed by atoms with van der Waals surface area (Å²) in [5, 5.41) is 0.